The first kappa shape index (κ1) is 9.70. The van der Waals surface area contributed by atoms with Crippen molar-refractivity contribution >= 4 is 17.3 Å². The molecule has 0 saturated carbocycles. The third kappa shape index (κ3) is 1.70. The predicted molar refractivity (Wildman–Crippen MR) is 46.5 cm³/mol. The van der Waals surface area contributed by atoms with Crippen molar-refractivity contribution in [3.05, 3.63) is 29.6 Å². The van der Waals surface area contributed by atoms with Crippen LogP contribution in [-0.4, -0.2) is 16.3 Å². The van der Waals surface area contributed by atoms with Gasteiger partial charge in [-0.05, 0) is 12.1 Å². The molecule has 0 aliphatic heterocycles. The molecule has 2 rings (SSSR count). The van der Waals surface area contributed by atoms with Gasteiger partial charge in [-0.25, -0.2) is 4.98 Å². The minimum absolute atomic E-state index is 0.118. The predicted octanol–water partition coefficient (Wildman–Crippen LogP) is 2.39. The lowest BCUT2D eigenvalue weighted by Gasteiger charge is -2.00. The number of aromatic nitrogens is 2. The summed E-state index contributed by atoms with van der Waals surface area (Å²) in [7, 11) is 0. The highest BCUT2D eigenvalue weighted by Gasteiger charge is 2.32. The van der Waals surface area contributed by atoms with E-state index in [-0.39, 0.29) is 16.6 Å². The molecule has 0 saturated heterocycles. The van der Waals surface area contributed by atoms with Crippen LogP contribution in [0.25, 0.3) is 11.0 Å². The Labute approximate surface area is 81.9 Å². The number of carbonyl (C=O) groups excluding carboxylic acids is 1. The van der Waals surface area contributed by atoms with Crippen LogP contribution in [0, 0.1) is 0 Å². The number of nitrogens with zero attached hydrogens (tertiary/aromatic N) is 1. The average molecular weight is 214 g/mol. The zero-order chi connectivity index (χ0) is 11.1. The molecule has 15 heavy (non-hydrogen) atoms. The van der Waals surface area contributed by atoms with Crippen molar-refractivity contribution in [3.8, 4) is 0 Å². The van der Waals surface area contributed by atoms with Gasteiger partial charge in [0.05, 0.1) is 0 Å². The minimum atomic E-state index is -4.43. The van der Waals surface area contributed by atoms with E-state index in [1.54, 1.807) is 0 Å². The Morgan fingerprint density at radius 2 is 2.07 bits per heavy atom. The summed E-state index contributed by atoms with van der Waals surface area (Å²) in [6.45, 7) is 0. The number of H-pyrrole nitrogens is 1. The Kier molecular flexibility index (Phi) is 1.99. The number of pyridine rings is 1. The number of carbonyl (C=O) groups is 1. The van der Waals surface area contributed by atoms with Crippen LogP contribution in [0.1, 0.15) is 16.1 Å². The van der Waals surface area contributed by atoms with E-state index in [2.05, 4.69) is 9.97 Å². The van der Waals surface area contributed by atoms with Crippen LogP contribution in [0.15, 0.2) is 18.3 Å². The van der Waals surface area contributed by atoms with Crippen LogP contribution in [-0.2, 0) is 6.18 Å². The fourth-order valence-corrected chi connectivity index (χ4v) is 1.25. The van der Waals surface area contributed by atoms with Crippen molar-refractivity contribution in [1.82, 2.24) is 9.97 Å². The zero-order valence-electron chi connectivity index (χ0n) is 7.30. The molecule has 0 unspecified atom stereocenters. The summed E-state index contributed by atoms with van der Waals surface area (Å²) >= 11 is 0. The first-order chi connectivity index (χ1) is 7.00. The summed E-state index contributed by atoms with van der Waals surface area (Å²) in [4.78, 5) is 16.2. The number of aromatic amines is 1. The molecule has 0 radical (unpaired) electrons. The summed E-state index contributed by atoms with van der Waals surface area (Å²) in [5.74, 6) is 0. The van der Waals surface area contributed by atoms with Crippen LogP contribution < -0.4 is 0 Å². The second kappa shape index (κ2) is 3.08. The minimum Gasteiger partial charge on any atom is -0.336 e. The number of rotatable bonds is 1. The topological polar surface area (TPSA) is 45.8 Å². The Hall–Kier alpha value is -1.85. The van der Waals surface area contributed by atoms with Gasteiger partial charge in [0.2, 0.25) is 0 Å². The van der Waals surface area contributed by atoms with Crippen molar-refractivity contribution < 1.29 is 18.0 Å². The SMILES string of the molecule is O=Cc1cnc2[nH]c(C(F)(F)F)cc2c1. The quantitative estimate of drug-likeness (QED) is 0.741. The van der Waals surface area contributed by atoms with Gasteiger partial charge < -0.3 is 4.98 Å². The molecule has 0 bridgehead atoms. The van der Waals surface area contributed by atoms with E-state index in [0.717, 1.165) is 6.07 Å². The summed E-state index contributed by atoms with van der Waals surface area (Å²) in [5, 5.41) is 0.270. The van der Waals surface area contributed by atoms with Gasteiger partial charge in [0, 0.05) is 17.1 Å². The lowest BCUT2D eigenvalue weighted by Crippen LogP contribution is -2.04. The van der Waals surface area contributed by atoms with Crippen molar-refractivity contribution in [2.45, 2.75) is 6.18 Å². The largest absolute Gasteiger partial charge is 0.431 e. The number of alkyl halides is 3. The van der Waals surface area contributed by atoms with E-state index >= 15 is 0 Å². The van der Waals surface area contributed by atoms with Crippen molar-refractivity contribution in [2.75, 3.05) is 0 Å². The van der Waals surface area contributed by atoms with Crippen molar-refractivity contribution in [2.24, 2.45) is 0 Å². The number of aldehydes is 1. The Morgan fingerprint density at radius 3 is 2.67 bits per heavy atom. The molecule has 2 heterocycles. The Balaban J connectivity index is 2.61. The van der Waals surface area contributed by atoms with E-state index in [1.165, 1.54) is 12.3 Å². The Morgan fingerprint density at radius 1 is 1.33 bits per heavy atom. The second-order valence-electron chi connectivity index (χ2n) is 3.01. The van der Waals surface area contributed by atoms with Crippen LogP contribution in [0.2, 0.25) is 0 Å². The fourth-order valence-electron chi connectivity index (χ4n) is 1.25. The van der Waals surface area contributed by atoms with Gasteiger partial charge in [0.25, 0.3) is 0 Å². The van der Waals surface area contributed by atoms with Gasteiger partial charge in [0.15, 0.2) is 6.29 Å². The molecule has 2 aromatic rings. The van der Waals surface area contributed by atoms with Crippen LogP contribution in [0.5, 0.6) is 0 Å². The lowest BCUT2D eigenvalue weighted by atomic mass is 10.2. The molecule has 0 aliphatic rings. The molecule has 0 amide bonds. The summed E-state index contributed by atoms with van der Waals surface area (Å²) < 4.78 is 36.8. The average Bonchev–Trinajstić information content (AvgIpc) is 2.59. The molecule has 2 aromatic heterocycles. The summed E-state index contributed by atoms with van der Waals surface area (Å²) in [5.41, 5.74) is -0.504. The van der Waals surface area contributed by atoms with Gasteiger partial charge in [-0.2, -0.15) is 13.2 Å². The second-order valence-corrected chi connectivity index (χ2v) is 3.01. The molecular formula is C9H5F3N2O. The van der Waals surface area contributed by atoms with E-state index in [0.29, 0.717) is 6.29 Å². The third-order valence-corrected chi connectivity index (χ3v) is 1.93. The van der Waals surface area contributed by atoms with E-state index in [4.69, 9.17) is 0 Å². The molecule has 0 spiro atoms. The summed E-state index contributed by atoms with van der Waals surface area (Å²) in [6.07, 6.45) is -2.68. The standard InChI is InChI=1S/C9H5F3N2O/c10-9(11,12)7-2-6-1-5(4-15)3-13-8(6)14-7/h1-4H,(H,13,14). The van der Waals surface area contributed by atoms with Crippen molar-refractivity contribution in [1.29, 1.82) is 0 Å². The highest BCUT2D eigenvalue weighted by atomic mass is 19.4. The van der Waals surface area contributed by atoms with Crippen LogP contribution in [0.4, 0.5) is 13.2 Å². The normalized spacial score (nSPS) is 11.9. The molecular weight excluding hydrogens is 209 g/mol. The lowest BCUT2D eigenvalue weighted by molar-refractivity contribution is -0.140. The van der Waals surface area contributed by atoms with Gasteiger partial charge in [-0.3, -0.25) is 4.79 Å². The molecule has 1 N–H and O–H groups in total. The fraction of sp³-hybridized carbons (Fsp3) is 0.111. The van der Waals surface area contributed by atoms with Gasteiger partial charge >= 0.3 is 6.18 Å². The number of halogens is 3. The number of hydrogen-bond acceptors (Lipinski definition) is 2. The molecule has 3 nitrogen and oxygen atoms in total. The molecule has 0 aliphatic carbocycles. The molecule has 6 heteroatoms. The van der Waals surface area contributed by atoms with Gasteiger partial charge in [0.1, 0.15) is 11.3 Å². The Bertz CT molecular complexity index is 516. The maximum atomic E-state index is 12.3. The van der Waals surface area contributed by atoms with E-state index in [1.807, 2.05) is 0 Å². The highest BCUT2D eigenvalue weighted by molar-refractivity contribution is 5.84. The molecule has 0 aromatic carbocycles. The van der Waals surface area contributed by atoms with E-state index < -0.39 is 11.9 Å². The number of fused-ring (bicyclic) bond motifs is 1. The smallest absolute Gasteiger partial charge is 0.336 e. The molecule has 0 atom stereocenters. The van der Waals surface area contributed by atoms with Crippen molar-refractivity contribution in [3.63, 3.8) is 0 Å². The van der Waals surface area contributed by atoms with Gasteiger partial charge in [-0.15, -0.1) is 0 Å². The molecule has 78 valence electrons. The summed E-state index contributed by atoms with van der Waals surface area (Å²) in [6, 6.07) is 2.27. The number of nitrogens with one attached hydrogen (secondary N) is 1. The number of hydrogen-bond donors (Lipinski definition) is 1. The monoisotopic (exact) mass is 214 g/mol. The van der Waals surface area contributed by atoms with E-state index in [9.17, 15) is 18.0 Å². The van der Waals surface area contributed by atoms with Gasteiger partial charge in [-0.1, -0.05) is 0 Å². The molecule has 0 fully saturated rings. The highest BCUT2D eigenvalue weighted by Crippen LogP contribution is 2.30. The zero-order valence-corrected chi connectivity index (χ0v) is 7.30. The maximum Gasteiger partial charge on any atom is 0.431 e. The first-order valence-electron chi connectivity index (χ1n) is 4.02. The third-order valence-electron chi connectivity index (χ3n) is 1.93. The first-order valence-corrected chi connectivity index (χ1v) is 4.02. The maximum absolute atomic E-state index is 12.3. The van der Waals surface area contributed by atoms with Crippen LogP contribution in [0.3, 0.4) is 0 Å². The van der Waals surface area contributed by atoms with Crippen LogP contribution >= 0.6 is 0 Å².